The van der Waals surface area contributed by atoms with Crippen LogP contribution in [0.1, 0.15) is 40.5 Å². The molecule has 152 valence electrons. The van der Waals surface area contributed by atoms with E-state index in [-0.39, 0.29) is 36.1 Å². The Balaban J connectivity index is 0.00000625. The average Bonchev–Trinajstić information content (AvgIpc) is 2.51. The Labute approximate surface area is 172 Å². The molecule has 1 fully saturated rings. The fraction of sp³-hybridized carbons (Fsp3) is 0.812. The predicted octanol–water partition coefficient (Wildman–Crippen LogP) is 1.65. The first-order valence-corrected chi connectivity index (χ1v) is 8.66. The molecule has 2 amide bonds. The van der Waals surface area contributed by atoms with E-state index >= 15 is 0 Å². The van der Waals surface area contributed by atoms with Gasteiger partial charge < -0.3 is 30.7 Å². The Bertz CT molecular complexity index is 474. The topological polar surface area (TPSA) is 118 Å². The highest BCUT2D eigenvalue weighted by atomic mass is 127. The van der Waals surface area contributed by atoms with Crippen LogP contribution in [-0.2, 0) is 9.47 Å². The van der Waals surface area contributed by atoms with Crippen molar-refractivity contribution in [1.29, 1.82) is 0 Å². The van der Waals surface area contributed by atoms with Crippen molar-refractivity contribution < 1.29 is 19.1 Å². The summed E-state index contributed by atoms with van der Waals surface area (Å²) in [6, 6.07) is 0.174. The number of carbonyl (C=O) groups is 2. The monoisotopic (exact) mass is 485 g/mol. The van der Waals surface area contributed by atoms with Crippen LogP contribution in [0.4, 0.5) is 9.59 Å². The number of nitrogens with zero attached hydrogens (tertiary/aromatic N) is 2. The Kier molecular flexibility index (Phi) is 11.3. The van der Waals surface area contributed by atoms with Crippen LogP contribution >= 0.6 is 24.0 Å². The molecule has 0 unspecified atom stereocenters. The molecule has 0 aliphatic carbocycles. The van der Waals surface area contributed by atoms with Crippen LogP contribution in [0.3, 0.4) is 0 Å². The lowest BCUT2D eigenvalue weighted by molar-refractivity contribution is 0.0529. The maximum Gasteiger partial charge on any atom is 0.409 e. The van der Waals surface area contributed by atoms with E-state index in [0.29, 0.717) is 38.7 Å². The molecule has 0 atom stereocenters. The summed E-state index contributed by atoms with van der Waals surface area (Å²) in [6.45, 7) is 9.56. The number of alkyl carbamates (subject to hydrolysis) is 1. The summed E-state index contributed by atoms with van der Waals surface area (Å²) in [5, 5.41) is 5.76. The van der Waals surface area contributed by atoms with E-state index in [4.69, 9.17) is 15.2 Å². The van der Waals surface area contributed by atoms with E-state index in [1.165, 1.54) is 0 Å². The van der Waals surface area contributed by atoms with Gasteiger partial charge in [-0.25, -0.2) is 9.59 Å². The number of rotatable bonds is 5. The molecule has 0 aromatic heterocycles. The lowest BCUT2D eigenvalue weighted by atomic mass is 10.1. The van der Waals surface area contributed by atoms with Crippen LogP contribution < -0.4 is 16.4 Å². The third kappa shape index (κ3) is 10.5. The first kappa shape index (κ1) is 24.5. The molecule has 4 N–H and O–H groups in total. The van der Waals surface area contributed by atoms with E-state index in [2.05, 4.69) is 15.6 Å². The number of ether oxygens (including phenoxy) is 2. The molecule has 1 saturated heterocycles. The summed E-state index contributed by atoms with van der Waals surface area (Å²) >= 11 is 0. The van der Waals surface area contributed by atoms with E-state index in [1.807, 2.05) is 0 Å². The lowest BCUT2D eigenvalue weighted by Crippen LogP contribution is -2.48. The summed E-state index contributed by atoms with van der Waals surface area (Å²) in [6.07, 6.45) is 0.826. The molecule has 1 aliphatic rings. The van der Waals surface area contributed by atoms with E-state index in [0.717, 1.165) is 12.8 Å². The van der Waals surface area contributed by atoms with Crippen molar-refractivity contribution in [3.8, 4) is 0 Å². The molecule has 0 aromatic carbocycles. The van der Waals surface area contributed by atoms with Gasteiger partial charge in [-0.05, 0) is 40.5 Å². The standard InChI is InChI=1S/C16H31N5O4.HI/c1-5-24-15(23)21-10-6-12(7-11-21)20-13(17)18-8-9-19-14(22)25-16(2,3)4;/h12H,5-11H2,1-4H3,(H,19,22)(H3,17,18,20);1H. The number of halogens is 1. The van der Waals surface area contributed by atoms with E-state index < -0.39 is 11.7 Å². The van der Waals surface area contributed by atoms with Gasteiger partial charge in [-0.2, -0.15) is 0 Å². The summed E-state index contributed by atoms with van der Waals surface area (Å²) in [5.74, 6) is 0.334. The minimum Gasteiger partial charge on any atom is -0.450 e. The Morgan fingerprint density at radius 3 is 2.42 bits per heavy atom. The van der Waals surface area contributed by atoms with Gasteiger partial charge in [0.1, 0.15) is 5.60 Å². The number of hydrogen-bond donors (Lipinski definition) is 3. The minimum absolute atomic E-state index is 0. The van der Waals surface area contributed by atoms with Crippen molar-refractivity contribution in [2.24, 2.45) is 10.7 Å². The molecule has 9 nitrogen and oxygen atoms in total. The molecule has 0 saturated carbocycles. The smallest absolute Gasteiger partial charge is 0.409 e. The highest BCUT2D eigenvalue weighted by Crippen LogP contribution is 2.11. The zero-order chi connectivity index (χ0) is 18.9. The number of nitrogens with two attached hydrogens (primary N) is 1. The molecule has 1 heterocycles. The molecule has 0 bridgehead atoms. The van der Waals surface area contributed by atoms with Crippen molar-refractivity contribution >= 4 is 42.1 Å². The second kappa shape index (κ2) is 12.0. The Morgan fingerprint density at radius 1 is 1.27 bits per heavy atom. The van der Waals surface area contributed by atoms with Crippen molar-refractivity contribution in [2.75, 3.05) is 32.8 Å². The van der Waals surface area contributed by atoms with Crippen molar-refractivity contribution in [3.05, 3.63) is 0 Å². The number of amides is 2. The van der Waals surface area contributed by atoms with Crippen molar-refractivity contribution in [3.63, 3.8) is 0 Å². The van der Waals surface area contributed by atoms with Gasteiger partial charge in [0, 0.05) is 25.7 Å². The van der Waals surface area contributed by atoms with Crippen LogP contribution in [0.5, 0.6) is 0 Å². The quantitative estimate of drug-likeness (QED) is 0.236. The molecule has 0 radical (unpaired) electrons. The number of aliphatic imine (C=N–C) groups is 1. The molecule has 1 rings (SSSR count). The van der Waals surface area contributed by atoms with Gasteiger partial charge in [0.15, 0.2) is 5.96 Å². The van der Waals surface area contributed by atoms with Gasteiger partial charge >= 0.3 is 12.2 Å². The predicted molar refractivity (Wildman–Crippen MR) is 111 cm³/mol. The van der Waals surface area contributed by atoms with Gasteiger partial charge in [0.2, 0.25) is 0 Å². The molecule has 0 spiro atoms. The summed E-state index contributed by atoms with van der Waals surface area (Å²) in [5.41, 5.74) is 5.33. The third-order valence-corrected chi connectivity index (χ3v) is 3.44. The SMILES string of the molecule is CCOC(=O)N1CCC(NC(N)=NCCNC(=O)OC(C)(C)C)CC1.I. The third-order valence-electron chi connectivity index (χ3n) is 3.44. The van der Waals surface area contributed by atoms with Gasteiger partial charge in [0.05, 0.1) is 13.2 Å². The number of likely N-dealkylation sites (tertiary alicyclic amines) is 1. The van der Waals surface area contributed by atoms with Crippen molar-refractivity contribution in [2.45, 2.75) is 52.2 Å². The van der Waals surface area contributed by atoms with Crippen LogP contribution in [-0.4, -0.2) is 67.5 Å². The maximum atomic E-state index is 11.6. The summed E-state index contributed by atoms with van der Waals surface area (Å²) in [7, 11) is 0. The average molecular weight is 485 g/mol. The number of guanidine groups is 1. The Hall–Kier alpha value is -1.46. The lowest BCUT2D eigenvalue weighted by Gasteiger charge is -2.31. The highest BCUT2D eigenvalue weighted by Gasteiger charge is 2.23. The fourth-order valence-corrected chi connectivity index (χ4v) is 2.32. The van der Waals surface area contributed by atoms with Crippen LogP contribution in [0.15, 0.2) is 4.99 Å². The molecule has 26 heavy (non-hydrogen) atoms. The number of carbonyl (C=O) groups excluding carboxylic acids is 2. The summed E-state index contributed by atoms with van der Waals surface area (Å²) in [4.78, 5) is 29.0. The van der Waals surface area contributed by atoms with Gasteiger partial charge in [-0.1, -0.05) is 0 Å². The van der Waals surface area contributed by atoms with Gasteiger partial charge in [-0.15, -0.1) is 24.0 Å². The first-order chi connectivity index (χ1) is 11.7. The summed E-state index contributed by atoms with van der Waals surface area (Å²) < 4.78 is 10.1. The second-order valence-electron chi connectivity index (χ2n) is 6.80. The molecule has 1 aliphatic heterocycles. The van der Waals surface area contributed by atoms with Gasteiger partial charge in [-0.3, -0.25) is 4.99 Å². The van der Waals surface area contributed by atoms with Crippen LogP contribution in [0.2, 0.25) is 0 Å². The van der Waals surface area contributed by atoms with Crippen molar-refractivity contribution in [1.82, 2.24) is 15.5 Å². The molecular formula is C16H32IN5O4. The molecule has 10 heteroatoms. The zero-order valence-corrected chi connectivity index (χ0v) is 18.4. The normalized spacial score (nSPS) is 15.7. The first-order valence-electron chi connectivity index (χ1n) is 8.66. The largest absolute Gasteiger partial charge is 0.450 e. The Morgan fingerprint density at radius 2 is 1.88 bits per heavy atom. The number of piperidine rings is 1. The van der Waals surface area contributed by atoms with E-state index in [9.17, 15) is 9.59 Å². The van der Waals surface area contributed by atoms with E-state index in [1.54, 1.807) is 32.6 Å². The zero-order valence-electron chi connectivity index (χ0n) is 16.0. The van der Waals surface area contributed by atoms with Crippen LogP contribution in [0.25, 0.3) is 0 Å². The fourth-order valence-electron chi connectivity index (χ4n) is 2.32. The molecule has 0 aromatic rings. The number of hydrogen-bond acceptors (Lipinski definition) is 5. The maximum absolute atomic E-state index is 11.6. The minimum atomic E-state index is -0.521. The van der Waals surface area contributed by atoms with Crippen LogP contribution in [0, 0.1) is 0 Å². The molecular weight excluding hydrogens is 453 g/mol. The highest BCUT2D eigenvalue weighted by molar-refractivity contribution is 14.0. The second-order valence-corrected chi connectivity index (χ2v) is 6.80. The van der Waals surface area contributed by atoms with Gasteiger partial charge in [0.25, 0.3) is 0 Å². The number of nitrogens with one attached hydrogen (secondary N) is 2.